The molecule has 1 N–H and O–H groups in total. The minimum atomic E-state index is 0.0866. The van der Waals surface area contributed by atoms with Gasteiger partial charge in [0.05, 0.1) is 6.04 Å². The van der Waals surface area contributed by atoms with E-state index in [1.807, 2.05) is 6.92 Å². The summed E-state index contributed by atoms with van der Waals surface area (Å²) in [6.45, 7) is 4.10. The number of benzene rings is 1. The van der Waals surface area contributed by atoms with Crippen LogP contribution >= 0.6 is 0 Å². The van der Waals surface area contributed by atoms with E-state index in [1.54, 1.807) is 0 Å². The Hall–Kier alpha value is -1.57. The zero-order valence-corrected chi connectivity index (χ0v) is 11.1. The topological polar surface area (TPSA) is 29.1 Å². The van der Waals surface area contributed by atoms with Crippen LogP contribution in [0.3, 0.4) is 0 Å². The molecule has 0 heterocycles. The second kappa shape index (κ2) is 5.85. The summed E-state index contributed by atoms with van der Waals surface area (Å²) in [6.07, 6.45) is 7.18. The van der Waals surface area contributed by atoms with Crippen LogP contribution in [0.2, 0.25) is 0 Å². The fraction of sp³-hybridized carbons (Fsp3) is 0.438. The number of hydrogen-bond acceptors (Lipinski definition) is 1. The summed E-state index contributed by atoms with van der Waals surface area (Å²) in [4.78, 5) is 11.9. The van der Waals surface area contributed by atoms with Gasteiger partial charge in [-0.3, -0.25) is 4.79 Å². The molecule has 1 aliphatic carbocycles. The average Bonchev–Trinajstić information content (AvgIpc) is 2.82. The molecule has 2 unspecified atom stereocenters. The zero-order valence-electron chi connectivity index (χ0n) is 11.1. The lowest BCUT2D eigenvalue weighted by atomic mass is 10.0. The molecule has 2 atom stereocenters. The standard InChI is InChI=1S/C16H21NO/c1-12-7-9-15(10-8-12)13(2)17-16(18)11-14-5-3-4-6-14/h3,5,7-10,13-14H,4,6,11H2,1-2H3,(H,17,18). The van der Waals surface area contributed by atoms with E-state index >= 15 is 0 Å². The third-order valence-corrected chi connectivity index (χ3v) is 3.51. The summed E-state index contributed by atoms with van der Waals surface area (Å²) in [6, 6.07) is 8.41. The highest BCUT2D eigenvalue weighted by atomic mass is 16.1. The lowest BCUT2D eigenvalue weighted by Crippen LogP contribution is -2.27. The van der Waals surface area contributed by atoms with Crippen molar-refractivity contribution < 1.29 is 4.79 Å². The van der Waals surface area contributed by atoms with Gasteiger partial charge in [0, 0.05) is 6.42 Å². The first kappa shape index (κ1) is 12.9. The highest BCUT2D eigenvalue weighted by Crippen LogP contribution is 2.21. The normalized spacial score (nSPS) is 19.8. The number of allylic oxidation sites excluding steroid dienone is 2. The van der Waals surface area contributed by atoms with Crippen LogP contribution in [0.15, 0.2) is 36.4 Å². The fourth-order valence-corrected chi connectivity index (χ4v) is 2.34. The predicted molar refractivity (Wildman–Crippen MR) is 74.2 cm³/mol. The maximum absolute atomic E-state index is 11.9. The maximum atomic E-state index is 11.9. The summed E-state index contributed by atoms with van der Waals surface area (Å²) in [5.74, 6) is 0.592. The molecule has 0 fully saturated rings. The molecule has 0 saturated carbocycles. The third-order valence-electron chi connectivity index (χ3n) is 3.51. The van der Waals surface area contributed by atoms with Crippen molar-refractivity contribution in [3.05, 3.63) is 47.5 Å². The van der Waals surface area contributed by atoms with Crippen molar-refractivity contribution in [2.45, 2.75) is 39.2 Å². The molecule has 0 aromatic heterocycles. The van der Waals surface area contributed by atoms with Gasteiger partial charge in [-0.2, -0.15) is 0 Å². The lowest BCUT2D eigenvalue weighted by Gasteiger charge is -2.16. The van der Waals surface area contributed by atoms with Gasteiger partial charge in [-0.25, -0.2) is 0 Å². The molecule has 1 aliphatic rings. The molecule has 0 bridgehead atoms. The molecule has 1 aromatic rings. The van der Waals surface area contributed by atoms with Gasteiger partial charge in [0.15, 0.2) is 0 Å². The van der Waals surface area contributed by atoms with Crippen molar-refractivity contribution in [3.8, 4) is 0 Å². The molecule has 0 aliphatic heterocycles. The van der Waals surface area contributed by atoms with Gasteiger partial charge in [0.1, 0.15) is 0 Å². The monoisotopic (exact) mass is 243 g/mol. The van der Waals surface area contributed by atoms with Gasteiger partial charge < -0.3 is 5.32 Å². The SMILES string of the molecule is Cc1ccc(C(C)NC(=O)CC2C=CCC2)cc1. The summed E-state index contributed by atoms with van der Waals surface area (Å²) in [5.41, 5.74) is 2.41. The lowest BCUT2D eigenvalue weighted by molar-refractivity contribution is -0.122. The highest BCUT2D eigenvalue weighted by molar-refractivity contribution is 5.77. The van der Waals surface area contributed by atoms with E-state index in [0.29, 0.717) is 12.3 Å². The molecular weight excluding hydrogens is 222 g/mol. The molecule has 2 heteroatoms. The number of carbonyl (C=O) groups is 1. The smallest absolute Gasteiger partial charge is 0.221 e. The van der Waals surface area contributed by atoms with Gasteiger partial charge in [0.2, 0.25) is 5.91 Å². The molecule has 1 aromatic carbocycles. The quantitative estimate of drug-likeness (QED) is 0.805. The molecular formula is C16H21NO. The Bertz CT molecular complexity index is 433. The van der Waals surface area contributed by atoms with Gasteiger partial charge in [-0.05, 0) is 38.2 Å². The Morgan fingerprint density at radius 1 is 1.39 bits per heavy atom. The van der Waals surface area contributed by atoms with Crippen molar-refractivity contribution in [1.82, 2.24) is 5.32 Å². The Morgan fingerprint density at radius 2 is 2.11 bits per heavy atom. The minimum absolute atomic E-state index is 0.0866. The molecule has 96 valence electrons. The van der Waals surface area contributed by atoms with Crippen LogP contribution in [0.25, 0.3) is 0 Å². The van der Waals surface area contributed by atoms with E-state index in [1.165, 1.54) is 5.56 Å². The summed E-state index contributed by atoms with van der Waals surface area (Å²) in [7, 11) is 0. The molecule has 18 heavy (non-hydrogen) atoms. The highest BCUT2D eigenvalue weighted by Gasteiger charge is 2.15. The molecule has 1 amide bonds. The summed E-state index contributed by atoms with van der Waals surface area (Å²) in [5, 5.41) is 3.07. The van der Waals surface area contributed by atoms with Crippen molar-refractivity contribution in [1.29, 1.82) is 0 Å². The van der Waals surface area contributed by atoms with Crippen LogP contribution in [-0.4, -0.2) is 5.91 Å². The van der Waals surface area contributed by atoms with Crippen LogP contribution in [0.5, 0.6) is 0 Å². The Morgan fingerprint density at radius 3 is 2.72 bits per heavy atom. The second-order valence-corrected chi connectivity index (χ2v) is 5.17. The van der Waals surface area contributed by atoms with Crippen molar-refractivity contribution in [2.75, 3.05) is 0 Å². The van der Waals surface area contributed by atoms with Gasteiger partial charge in [0.25, 0.3) is 0 Å². The fourth-order valence-electron chi connectivity index (χ4n) is 2.34. The van der Waals surface area contributed by atoms with Gasteiger partial charge >= 0.3 is 0 Å². The molecule has 0 spiro atoms. The second-order valence-electron chi connectivity index (χ2n) is 5.17. The largest absolute Gasteiger partial charge is 0.350 e. The first-order valence-corrected chi connectivity index (χ1v) is 6.68. The predicted octanol–water partition coefficient (Wildman–Crippen LogP) is 3.53. The average molecular weight is 243 g/mol. The van der Waals surface area contributed by atoms with E-state index in [-0.39, 0.29) is 11.9 Å². The van der Waals surface area contributed by atoms with E-state index in [2.05, 4.69) is 48.7 Å². The van der Waals surface area contributed by atoms with Gasteiger partial charge in [-0.1, -0.05) is 42.0 Å². The summed E-state index contributed by atoms with van der Waals surface area (Å²) >= 11 is 0. The molecule has 2 rings (SSSR count). The minimum Gasteiger partial charge on any atom is -0.350 e. The maximum Gasteiger partial charge on any atom is 0.221 e. The van der Waals surface area contributed by atoms with Crippen LogP contribution in [-0.2, 0) is 4.79 Å². The van der Waals surface area contributed by atoms with Crippen LogP contribution in [0.1, 0.15) is 43.4 Å². The molecule has 0 radical (unpaired) electrons. The molecule has 2 nitrogen and oxygen atoms in total. The first-order chi connectivity index (χ1) is 8.65. The number of carbonyl (C=O) groups excluding carboxylic acids is 1. The van der Waals surface area contributed by atoms with Crippen molar-refractivity contribution >= 4 is 5.91 Å². The Labute approximate surface area is 109 Å². The van der Waals surface area contributed by atoms with Crippen LogP contribution < -0.4 is 5.32 Å². The van der Waals surface area contributed by atoms with E-state index in [4.69, 9.17) is 0 Å². The van der Waals surface area contributed by atoms with Crippen LogP contribution in [0.4, 0.5) is 0 Å². The number of nitrogens with one attached hydrogen (secondary N) is 1. The zero-order chi connectivity index (χ0) is 13.0. The van der Waals surface area contributed by atoms with E-state index < -0.39 is 0 Å². The number of hydrogen-bond donors (Lipinski definition) is 1. The third kappa shape index (κ3) is 3.46. The molecule has 0 saturated heterocycles. The van der Waals surface area contributed by atoms with Crippen molar-refractivity contribution in [3.63, 3.8) is 0 Å². The van der Waals surface area contributed by atoms with Crippen molar-refractivity contribution in [2.24, 2.45) is 5.92 Å². The van der Waals surface area contributed by atoms with E-state index in [9.17, 15) is 4.79 Å². The Kier molecular flexibility index (Phi) is 4.19. The number of aryl methyl sites for hydroxylation is 1. The van der Waals surface area contributed by atoms with Gasteiger partial charge in [-0.15, -0.1) is 0 Å². The first-order valence-electron chi connectivity index (χ1n) is 6.68. The Balaban J connectivity index is 1.86. The van der Waals surface area contributed by atoms with Crippen LogP contribution in [0, 0.1) is 12.8 Å². The summed E-state index contributed by atoms with van der Waals surface area (Å²) < 4.78 is 0. The number of amides is 1. The number of rotatable bonds is 4. The van der Waals surface area contributed by atoms with E-state index in [0.717, 1.165) is 18.4 Å².